The van der Waals surface area contributed by atoms with E-state index in [2.05, 4.69) is 13.0 Å². The summed E-state index contributed by atoms with van der Waals surface area (Å²) < 4.78 is 11.3. The van der Waals surface area contributed by atoms with Gasteiger partial charge in [-0.1, -0.05) is 17.7 Å². The zero-order chi connectivity index (χ0) is 13.8. The molecule has 0 aliphatic carbocycles. The molecule has 2 aromatic carbocycles. The van der Waals surface area contributed by atoms with Gasteiger partial charge in [0.05, 0.1) is 12.3 Å². The Balaban J connectivity index is 2.25. The highest BCUT2D eigenvalue weighted by Gasteiger charge is 2.05. The highest BCUT2D eigenvalue weighted by Crippen LogP contribution is 2.31. The quantitative estimate of drug-likeness (QED) is 0.839. The number of benzene rings is 2. The van der Waals surface area contributed by atoms with Crippen LogP contribution in [0.3, 0.4) is 0 Å². The van der Waals surface area contributed by atoms with Crippen LogP contribution >= 0.6 is 0 Å². The second-order valence-electron chi connectivity index (χ2n) is 4.50. The van der Waals surface area contributed by atoms with Gasteiger partial charge < -0.3 is 15.2 Å². The van der Waals surface area contributed by atoms with Gasteiger partial charge in [-0.3, -0.25) is 0 Å². The summed E-state index contributed by atoms with van der Waals surface area (Å²) in [5.74, 6) is 2.23. The lowest BCUT2D eigenvalue weighted by Crippen LogP contribution is -1.97. The molecule has 0 unspecified atom stereocenters. The maximum Gasteiger partial charge on any atom is 0.145 e. The van der Waals surface area contributed by atoms with E-state index >= 15 is 0 Å². The van der Waals surface area contributed by atoms with Crippen LogP contribution in [0.15, 0.2) is 36.4 Å². The van der Waals surface area contributed by atoms with Crippen LogP contribution in [0.4, 0.5) is 5.69 Å². The zero-order valence-corrected chi connectivity index (χ0v) is 11.6. The molecular weight excluding hydrogens is 238 g/mol. The van der Waals surface area contributed by atoms with Gasteiger partial charge in [0.2, 0.25) is 0 Å². The minimum Gasteiger partial charge on any atom is -0.492 e. The smallest absolute Gasteiger partial charge is 0.145 e. The number of nitrogens with two attached hydrogens (primary N) is 1. The summed E-state index contributed by atoms with van der Waals surface area (Å²) in [7, 11) is 0. The molecular formula is C16H19NO2. The summed E-state index contributed by atoms with van der Waals surface area (Å²) in [4.78, 5) is 0. The van der Waals surface area contributed by atoms with Crippen LogP contribution in [0.25, 0.3) is 0 Å². The monoisotopic (exact) mass is 257 g/mol. The van der Waals surface area contributed by atoms with Gasteiger partial charge in [0.1, 0.15) is 17.2 Å². The van der Waals surface area contributed by atoms with E-state index in [9.17, 15) is 0 Å². The fraction of sp³-hybridized carbons (Fsp3) is 0.250. The molecule has 0 aliphatic heterocycles. The summed E-state index contributed by atoms with van der Waals surface area (Å²) in [6, 6.07) is 11.6. The Morgan fingerprint density at radius 1 is 1.00 bits per heavy atom. The largest absolute Gasteiger partial charge is 0.492 e. The van der Waals surface area contributed by atoms with Crippen molar-refractivity contribution in [3.05, 3.63) is 47.5 Å². The highest BCUT2D eigenvalue weighted by atomic mass is 16.5. The van der Waals surface area contributed by atoms with Gasteiger partial charge in [-0.05, 0) is 44.5 Å². The second kappa shape index (κ2) is 5.65. The maximum absolute atomic E-state index is 5.87. The van der Waals surface area contributed by atoms with Crippen molar-refractivity contribution in [1.29, 1.82) is 0 Å². The van der Waals surface area contributed by atoms with Crippen LogP contribution in [0.5, 0.6) is 17.2 Å². The van der Waals surface area contributed by atoms with E-state index in [1.807, 2.05) is 38.1 Å². The second-order valence-corrected chi connectivity index (χ2v) is 4.50. The van der Waals surface area contributed by atoms with Gasteiger partial charge in [0.25, 0.3) is 0 Å². The molecule has 0 radical (unpaired) electrons. The normalized spacial score (nSPS) is 10.3. The topological polar surface area (TPSA) is 44.5 Å². The first-order valence-electron chi connectivity index (χ1n) is 6.37. The van der Waals surface area contributed by atoms with E-state index in [1.54, 1.807) is 6.07 Å². The fourth-order valence-corrected chi connectivity index (χ4v) is 1.90. The molecule has 0 aromatic heterocycles. The predicted octanol–water partition coefficient (Wildman–Crippen LogP) is 4.08. The zero-order valence-electron chi connectivity index (χ0n) is 11.6. The molecule has 0 fully saturated rings. The molecule has 0 saturated heterocycles. The predicted molar refractivity (Wildman–Crippen MR) is 78.0 cm³/mol. The number of nitrogen functional groups attached to an aromatic ring is 1. The first-order chi connectivity index (χ1) is 9.10. The lowest BCUT2D eigenvalue weighted by molar-refractivity contribution is 0.340. The Labute approximate surface area is 114 Å². The number of hydrogen-bond donors (Lipinski definition) is 1. The Morgan fingerprint density at radius 2 is 1.79 bits per heavy atom. The fourth-order valence-electron chi connectivity index (χ4n) is 1.90. The van der Waals surface area contributed by atoms with Gasteiger partial charge in [-0.2, -0.15) is 0 Å². The lowest BCUT2D eigenvalue weighted by Gasteiger charge is -2.12. The minimum atomic E-state index is 0.581. The Bertz CT molecular complexity index is 579. The molecule has 0 saturated carbocycles. The number of rotatable bonds is 4. The van der Waals surface area contributed by atoms with Crippen molar-refractivity contribution < 1.29 is 9.47 Å². The SMILES string of the molecule is CCOc1cc(Oc2ccc(C)cc2C)ccc1N. The molecule has 0 heterocycles. The van der Waals surface area contributed by atoms with Crippen molar-refractivity contribution in [3.8, 4) is 17.2 Å². The third-order valence-electron chi connectivity index (χ3n) is 2.84. The van der Waals surface area contributed by atoms with E-state index in [4.69, 9.17) is 15.2 Å². The van der Waals surface area contributed by atoms with Crippen molar-refractivity contribution in [2.45, 2.75) is 20.8 Å². The van der Waals surface area contributed by atoms with Gasteiger partial charge in [-0.25, -0.2) is 0 Å². The number of aryl methyl sites for hydroxylation is 2. The molecule has 0 aliphatic rings. The first kappa shape index (κ1) is 13.3. The van der Waals surface area contributed by atoms with Gasteiger partial charge in [0.15, 0.2) is 0 Å². The van der Waals surface area contributed by atoms with E-state index in [0.717, 1.165) is 17.1 Å². The van der Waals surface area contributed by atoms with Crippen molar-refractivity contribution in [1.82, 2.24) is 0 Å². The third-order valence-corrected chi connectivity index (χ3v) is 2.84. The summed E-state index contributed by atoms with van der Waals surface area (Å²) in [6.07, 6.45) is 0. The summed E-state index contributed by atoms with van der Waals surface area (Å²) in [6.45, 7) is 6.60. The Kier molecular flexibility index (Phi) is 3.95. The van der Waals surface area contributed by atoms with E-state index in [0.29, 0.717) is 18.0 Å². The standard InChI is InChI=1S/C16H19NO2/c1-4-18-16-10-13(6-7-14(16)17)19-15-8-5-11(2)9-12(15)3/h5-10H,4,17H2,1-3H3. The van der Waals surface area contributed by atoms with Crippen molar-refractivity contribution >= 4 is 5.69 Å². The summed E-state index contributed by atoms with van der Waals surface area (Å²) in [5, 5.41) is 0. The van der Waals surface area contributed by atoms with E-state index in [-0.39, 0.29) is 0 Å². The molecule has 2 N–H and O–H groups in total. The Hall–Kier alpha value is -2.16. The molecule has 2 aromatic rings. The van der Waals surface area contributed by atoms with Crippen molar-refractivity contribution in [2.75, 3.05) is 12.3 Å². The highest BCUT2D eigenvalue weighted by molar-refractivity contribution is 5.56. The number of ether oxygens (including phenoxy) is 2. The molecule has 3 nitrogen and oxygen atoms in total. The average Bonchev–Trinajstić information content (AvgIpc) is 2.37. The van der Waals surface area contributed by atoms with Crippen LogP contribution in [0.2, 0.25) is 0 Å². The number of hydrogen-bond acceptors (Lipinski definition) is 3. The maximum atomic E-state index is 5.87. The van der Waals surface area contributed by atoms with Crippen LogP contribution < -0.4 is 15.2 Å². The molecule has 19 heavy (non-hydrogen) atoms. The van der Waals surface area contributed by atoms with E-state index < -0.39 is 0 Å². The van der Waals surface area contributed by atoms with Crippen LogP contribution in [0, 0.1) is 13.8 Å². The van der Waals surface area contributed by atoms with E-state index in [1.165, 1.54) is 5.56 Å². The third kappa shape index (κ3) is 3.19. The number of anilines is 1. The van der Waals surface area contributed by atoms with Gasteiger partial charge >= 0.3 is 0 Å². The lowest BCUT2D eigenvalue weighted by atomic mass is 10.1. The van der Waals surface area contributed by atoms with Crippen LogP contribution in [-0.4, -0.2) is 6.61 Å². The Morgan fingerprint density at radius 3 is 2.47 bits per heavy atom. The molecule has 0 amide bonds. The molecule has 0 spiro atoms. The molecule has 0 atom stereocenters. The summed E-state index contributed by atoms with van der Waals surface area (Å²) in [5.41, 5.74) is 8.78. The van der Waals surface area contributed by atoms with Gasteiger partial charge in [0, 0.05) is 6.07 Å². The molecule has 100 valence electrons. The minimum absolute atomic E-state index is 0.581. The molecule has 3 heteroatoms. The van der Waals surface area contributed by atoms with Crippen molar-refractivity contribution in [2.24, 2.45) is 0 Å². The average molecular weight is 257 g/mol. The van der Waals surface area contributed by atoms with Crippen molar-refractivity contribution in [3.63, 3.8) is 0 Å². The van der Waals surface area contributed by atoms with Gasteiger partial charge in [-0.15, -0.1) is 0 Å². The molecule has 2 rings (SSSR count). The van der Waals surface area contributed by atoms with Crippen LogP contribution in [-0.2, 0) is 0 Å². The molecule has 0 bridgehead atoms. The van der Waals surface area contributed by atoms with Crippen LogP contribution in [0.1, 0.15) is 18.1 Å². The first-order valence-corrected chi connectivity index (χ1v) is 6.37. The summed E-state index contributed by atoms with van der Waals surface area (Å²) >= 11 is 0.